The summed E-state index contributed by atoms with van der Waals surface area (Å²) in [6.07, 6.45) is -4.34. The molecule has 0 aliphatic carbocycles. The molecule has 0 aliphatic rings. The smallest absolute Gasteiger partial charge is 0.381 e. The Kier molecular flexibility index (Phi) is 4.18. The standard InChI is InChI=1S/C14H10ClF4N/c15-12-7-11(5-6-13(12)16)20-8-9-1-3-10(4-2-9)14(17,18)19/h1-7,20H,8H2. The van der Waals surface area contributed by atoms with Gasteiger partial charge in [-0.05, 0) is 35.9 Å². The summed E-state index contributed by atoms with van der Waals surface area (Å²) in [6, 6.07) is 8.97. The Labute approximate surface area is 118 Å². The Morgan fingerprint density at radius 3 is 2.20 bits per heavy atom. The molecule has 20 heavy (non-hydrogen) atoms. The summed E-state index contributed by atoms with van der Waals surface area (Å²) in [4.78, 5) is 0. The normalized spacial score (nSPS) is 11.4. The summed E-state index contributed by atoms with van der Waals surface area (Å²) in [5.74, 6) is -0.522. The van der Waals surface area contributed by atoms with Crippen LogP contribution in [0.3, 0.4) is 0 Å². The zero-order chi connectivity index (χ0) is 14.8. The average molecular weight is 304 g/mol. The molecular weight excluding hydrogens is 294 g/mol. The van der Waals surface area contributed by atoms with Gasteiger partial charge in [0.25, 0.3) is 0 Å². The predicted octanol–water partition coefficient (Wildman–Crippen LogP) is 5.11. The summed E-state index contributed by atoms with van der Waals surface area (Å²) in [6.45, 7) is 0.320. The molecule has 0 radical (unpaired) electrons. The average Bonchev–Trinajstić information content (AvgIpc) is 2.40. The molecule has 0 amide bonds. The monoisotopic (exact) mass is 303 g/mol. The van der Waals surface area contributed by atoms with E-state index in [9.17, 15) is 17.6 Å². The van der Waals surface area contributed by atoms with Crippen LogP contribution in [0.2, 0.25) is 5.02 Å². The van der Waals surface area contributed by atoms with E-state index in [0.717, 1.165) is 12.1 Å². The van der Waals surface area contributed by atoms with Crippen molar-refractivity contribution in [1.29, 1.82) is 0 Å². The highest BCUT2D eigenvalue weighted by atomic mass is 35.5. The molecule has 0 atom stereocenters. The van der Waals surface area contributed by atoms with Crippen molar-refractivity contribution in [2.24, 2.45) is 0 Å². The van der Waals surface area contributed by atoms with Gasteiger partial charge in [-0.3, -0.25) is 0 Å². The molecule has 0 aromatic heterocycles. The number of halogens is 5. The molecule has 0 spiro atoms. The molecule has 1 N–H and O–H groups in total. The number of hydrogen-bond acceptors (Lipinski definition) is 1. The molecule has 6 heteroatoms. The van der Waals surface area contributed by atoms with Crippen molar-refractivity contribution in [2.75, 3.05) is 5.32 Å². The van der Waals surface area contributed by atoms with E-state index in [1.54, 1.807) is 0 Å². The van der Waals surface area contributed by atoms with E-state index >= 15 is 0 Å². The lowest BCUT2D eigenvalue weighted by Crippen LogP contribution is -2.05. The van der Waals surface area contributed by atoms with Crippen LogP contribution in [0.15, 0.2) is 42.5 Å². The second-order valence-corrected chi connectivity index (χ2v) is 4.58. The second-order valence-electron chi connectivity index (χ2n) is 4.18. The first-order valence-corrected chi connectivity index (χ1v) is 6.09. The Morgan fingerprint density at radius 1 is 1.00 bits per heavy atom. The fraction of sp³-hybridized carbons (Fsp3) is 0.143. The quantitative estimate of drug-likeness (QED) is 0.777. The van der Waals surface area contributed by atoms with Gasteiger partial charge in [0, 0.05) is 12.2 Å². The molecule has 1 nitrogen and oxygen atoms in total. The fourth-order valence-electron chi connectivity index (χ4n) is 1.62. The number of rotatable bonds is 3. The van der Waals surface area contributed by atoms with Gasteiger partial charge in [-0.2, -0.15) is 13.2 Å². The van der Waals surface area contributed by atoms with Gasteiger partial charge >= 0.3 is 6.18 Å². The molecular formula is C14H10ClF4N. The summed E-state index contributed by atoms with van der Waals surface area (Å²) in [5.41, 5.74) is 0.584. The van der Waals surface area contributed by atoms with Crippen molar-refractivity contribution in [2.45, 2.75) is 12.7 Å². The number of nitrogens with one attached hydrogen (secondary N) is 1. The zero-order valence-corrected chi connectivity index (χ0v) is 10.9. The van der Waals surface area contributed by atoms with Crippen molar-refractivity contribution in [3.63, 3.8) is 0 Å². The van der Waals surface area contributed by atoms with Crippen molar-refractivity contribution >= 4 is 17.3 Å². The van der Waals surface area contributed by atoms with Crippen LogP contribution in [0.4, 0.5) is 23.2 Å². The number of anilines is 1. The third-order valence-corrected chi connectivity index (χ3v) is 2.99. The lowest BCUT2D eigenvalue weighted by Gasteiger charge is -2.09. The molecule has 0 saturated carbocycles. The van der Waals surface area contributed by atoms with E-state index in [-0.39, 0.29) is 5.02 Å². The first kappa shape index (κ1) is 14.7. The van der Waals surface area contributed by atoms with Gasteiger partial charge < -0.3 is 5.32 Å². The third kappa shape index (κ3) is 3.63. The van der Waals surface area contributed by atoms with Crippen LogP contribution in [0.5, 0.6) is 0 Å². The van der Waals surface area contributed by atoms with Crippen LogP contribution in [0, 0.1) is 5.82 Å². The van der Waals surface area contributed by atoms with Gasteiger partial charge in [0.15, 0.2) is 0 Å². The summed E-state index contributed by atoms with van der Waals surface area (Å²) >= 11 is 5.63. The Balaban J connectivity index is 2.02. The van der Waals surface area contributed by atoms with Crippen LogP contribution in [0.1, 0.15) is 11.1 Å². The first-order valence-electron chi connectivity index (χ1n) is 5.71. The summed E-state index contributed by atoms with van der Waals surface area (Å²) in [5, 5.41) is 2.94. The highest BCUT2D eigenvalue weighted by Gasteiger charge is 2.29. The van der Waals surface area contributed by atoms with Crippen molar-refractivity contribution < 1.29 is 17.6 Å². The van der Waals surface area contributed by atoms with Crippen molar-refractivity contribution in [1.82, 2.24) is 0 Å². The first-order chi connectivity index (χ1) is 9.36. The van der Waals surface area contributed by atoms with Gasteiger partial charge in [-0.15, -0.1) is 0 Å². The Bertz CT molecular complexity index is 593. The molecule has 0 aliphatic heterocycles. The van der Waals surface area contributed by atoms with E-state index in [1.807, 2.05) is 0 Å². The lowest BCUT2D eigenvalue weighted by atomic mass is 10.1. The second kappa shape index (κ2) is 5.71. The maximum Gasteiger partial charge on any atom is 0.416 e. The van der Waals surface area contributed by atoms with Gasteiger partial charge in [-0.25, -0.2) is 4.39 Å². The predicted molar refractivity (Wildman–Crippen MR) is 70.2 cm³/mol. The van der Waals surface area contributed by atoms with Crippen LogP contribution in [-0.2, 0) is 12.7 Å². The molecule has 0 unspecified atom stereocenters. The van der Waals surface area contributed by atoms with E-state index in [4.69, 9.17) is 11.6 Å². The molecule has 2 rings (SSSR count). The topological polar surface area (TPSA) is 12.0 Å². The highest BCUT2D eigenvalue weighted by molar-refractivity contribution is 6.31. The van der Waals surface area contributed by atoms with E-state index in [2.05, 4.69) is 5.32 Å². The van der Waals surface area contributed by atoms with Gasteiger partial charge in [0.05, 0.1) is 10.6 Å². The Hall–Kier alpha value is -1.75. The molecule has 0 heterocycles. The third-order valence-electron chi connectivity index (χ3n) is 2.70. The highest BCUT2D eigenvalue weighted by Crippen LogP contribution is 2.29. The summed E-state index contributed by atoms with van der Waals surface area (Å²) < 4.78 is 50.1. The fourth-order valence-corrected chi connectivity index (χ4v) is 1.80. The zero-order valence-electron chi connectivity index (χ0n) is 10.1. The van der Waals surface area contributed by atoms with Gasteiger partial charge in [0.1, 0.15) is 5.82 Å². The van der Waals surface area contributed by atoms with Crippen molar-refractivity contribution in [3.05, 3.63) is 64.4 Å². The van der Waals surface area contributed by atoms with Crippen LogP contribution >= 0.6 is 11.6 Å². The van der Waals surface area contributed by atoms with Crippen LogP contribution in [0.25, 0.3) is 0 Å². The number of hydrogen-bond donors (Lipinski definition) is 1. The molecule has 106 valence electrons. The molecule has 0 saturated heterocycles. The largest absolute Gasteiger partial charge is 0.416 e. The molecule has 2 aromatic carbocycles. The molecule has 0 fully saturated rings. The number of benzene rings is 2. The van der Waals surface area contributed by atoms with Gasteiger partial charge in [-0.1, -0.05) is 23.7 Å². The van der Waals surface area contributed by atoms with Crippen molar-refractivity contribution in [3.8, 4) is 0 Å². The maximum absolute atomic E-state index is 13.0. The van der Waals surface area contributed by atoms with E-state index < -0.39 is 17.6 Å². The minimum Gasteiger partial charge on any atom is -0.381 e. The Morgan fingerprint density at radius 2 is 1.65 bits per heavy atom. The minimum atomic E-state index is -4.34. The maximum atomic E-state index is 13.0. The minimum absolute atomic E-state index is 0.0116. The van der Waals surface area contributed by atoms with E-state index in [1.165, 1.54) is 30.3 Å². The molecule has 0 bridgehead atoms. The van der Waals surface area contributed by atoms with E-state index in [0.29, 0.717) is 17.8 Å². The van der Waals surface area contributed by atoms with Gasteiger partial charge in [0.2, 0.25) is 0 Å². The lowest BCUT2D eigenvalue weighted by molar-refractivity contribution is -0.137. The molecule has 2 aromatic rings. The summed E-state index contributed by atoms with van der Waals surface area (Å²) in [7, 11) is 0. The van der Waals surface area contributed by atoms with Crippen LogP contribution in [-0.4, -0.2) is 0 Å². The number of alkyl halides is 3. The SMILES string of the molecule is Fc1ccc(NCc2ccc(C(F)(F)F)cc2)cc1Cl. The van der Waals surface area contributed by atoms with Crippen LogP contribution < -0.4 is 5.32 Å².